The molecule has 1 aliphatic heterocycles. The molecule has 0 aromatic carbocycles. The van der Waals surface area contributed by atoms with Gasteiger partial charge in [0.25, 0.3) is 5.91 Å². The molecule has 2 rings (SSSR count). The van der Waals surface area contributed by atoms with E-state index in [1.807, 2.05) is 20.8 Å². The third-order valence-corrected chi connectivity index (χ3v) is 3.89. The molecule has 0 bridgehead atoms. The molecular weight excluding hydrogens is 282 g/mol. The van der Waals surface area contributed by atoms with Crippen molar-refractivity contribution in [2.24, 2.45) is 11.7 Å². The average molecular weight is 305 g/mol. The number of primary amides is 1. The summed E-state index contributed by atoms with van der Waals surface area (Å²) in [6, 6.07) is 3.48. The highest BCUT2D eigenvalue weighted by Gasteiger charge is 2.32. The van der Waals surface area contributed by atoms with Gasteiger partial charge in [0.1, 0.15) is 0 Å². The van der Waals surface area contributed by atoms with Crippen molar-refractivity contribution in [2.45, 2.75) is 45.8 Å². The van der Waals surface area contributed by atoms with E-state index in [2.05, 4.69) is 4.98 Å². The zero-order valence-electron chi connectivity index (χ0n) is 13.3. The molecule has 0 radical (unpaired) electrons. The number of amides is 2. The van der Waals surface area contributed by atoms with Crippen molar-refractivity contribution in [2.75, 3.05) is 6.54 Å². The predicted octanol–water partition coefficient (Wildman–Crippen LogP) is 1.59. The fourth-order valence-corrected chi connectivity index (χ4v) is 2.61. The normalized spacial score (nSPS) is 21.7. The molecule has 1 aromatic rings. The molecule has 6 nitrogen and oxygen atoms in total. The minimum atomic E-state index is -0.344. The monoisotopic (exact) mass is 305 g/mol. The summed E-state index contributed by atoms with van der Waals surface area (Å²) in [6.45, 7) is 6.19. The molecule has 1 saturated heterocycles. The predicted molar refractivity (Wildman–Crippen MR) is 82.4 cm³/mol. The Bertz CT molecular complexity index is 542. The van der Waals surface area contributed by atoms with Crippen LogP contribution in [-0.4, -0.2) is 40.4 Å². The number of ether oxygens (including phenoxy) is 1. The van der Waals surface area contributed by atoms with E-state index in [1.54, 1.807) is 17.0 Å². The highest BCUT2D eigenvalue weighted by atomic mass is 16.5. The van der Waals surface area contributed by atoms with Crippen molar-refractivity contribution < 1.29 is 14.3 Å². The quantitative estimate of drug-likeness (QED) is 0.915. The van der Waals surface area contributed by atoms with Gasteiger partial charge < -0.3 is 15.4 Å². The van der Waals surface area contributed by atoms with Crippen LogP contribution in [0.5, 0.6) is 5.88 Å². The van der Waals surface area contributed by atoms with Gasteiger partial charge in [-0.25, -0.2) is 4.98 Å². The number of nitrogens with two attached hydrogens (primary N) is 1. The number of hydrogen-bond donors (Lipinski definition) is 1. The van der Waals surface area contributed by atoms with E-state index in [0.717, 1.165) is 12.8 Å². The Hall–Kier alpha value is -2.11. The molecule has 0 aliphatic carbocycles. The van der Waals surface area contributed by atoms with Crippen LogP contribution in [0.3, 0.4) is 0 Å². The van der Waals surface area contributed by atoms with Crippen LogP contribution in [0.15, 0.2) is 18.3 Å². The molecule has 1 aliphatic rings. The maximum absolute atomic E-state index is 12.6. The van der Waals surface area contributed by atoms with Crippen LogP contribution in [0.25, 0.3) is 0 Å². The van der Waals surface area contributed by atoms with Gasteiger partial charge in [-0.1, -0.05) is 0 Å². The molecule has 120 valence electrons. The number of piperidine rings is 1. The van der Waals surface area contributed by atoms with E-state index in [-0.39, 0.29) is 29.9 Å². The summed E-state index contributed by atoms with van der Waals surface area (Å²) in [6.07, 6.45) is 3.06. The Labute approximate surface area is 130 Å². The van der Waals surface area contributed by atoms with Gasteiger partial charge in [-0.3, -0.25) is 9.59 Å². The molecule has 2 N–H and O–H groups in total. The maximum atomic E-state index is 12.6. The van der Waals surface area contributed by atoms with Crippen molar-refractivity contribution in [3.8, 4) is 5.88 Å². The maximum Gasteiger partial charge on any atom is 0.255 e. The summed E-state index contributed by atoms with van der Waals surface area (Å²) < 4.78 is 5.47. The number of aromatic nitrogens is 1. The Balaban J connectivity index is 2.10. The highest BCUT2D eigenvalue weighted by molar-refractivity contribution is 5.94. The van der Waals surface area contributed by atoms with Gasteiger partial charge >= 0.3 is 0 Å². The van der Waals surface area contributed by atoms with Crippen LogP contribution in [0, 0.1) is 5.92 Å². The Morgan fingerprint density at radius 1 is 1.36 bits per heavy atom. The second-order valence-electron chi connectivity index (χ2n) is 6.03. The zero-order valence-corrected chi connectivity index (χ0v) is 13.3. The van der Waals surface area contributed by atoms with Crippen LogP contribution in [0.2, 0.25) is 0 Å². The van der Waals surface area contributed by atoms with Crippen molar-refractivity contribution in [3.05, 3.63) is 23.9 Å². The summed E-state index contributed by atoms with van der Waals surface area (Å²) in [5.41, 5.74) is 5.87. The second kappa shape index (κ2) is 6.77. The standard InChI is InChI=1S/C16H23N3O3/c1-10(2)22-14-7-6-12(8-18-14)16(21)19-9-13(15(17)20)5-4-11(19)3/h6-8,10-11,13H,4-5,9H2,1-3H3,(H2,17,20)/t11-,13+/m0/s1. The minimum Gasteiger partial charge on any atom is -0.475 e. The number of pyridine rings is 1. The van der Waals surface area contributed by atoms with Gasteiger partial charge in [0.2, 0.25) is 11.8 Å². The average Bonchev–Trinajstić information content (AvgIpc) is 2.47. The van der Waals surface area contributed by atoms with Crippen molar-refractivity contribution in [1.29, 1.82) is 0 Å². The van der Waals surface area contributed by atoms with E-state index in [0.29, 0.717) is 18.0 Å². The first-order valence-electron chi connectivity index (χ1n) is 7.61. The lowest BCUT2D eigenvalue weighted by atomic mass is 9.92. The number of nitrogens with zero attached hydrogens (tertiary/aromatic N) is 2. The van der Waals surface area contributed by atoms with Crippen molar-refractivity contribution in [3.63, 3.8) is 0 Å². The lowest BCUT2D eigenvalue weighted by Gasteiger charge is -2.36. The van der Waals surface area contributed by atoms with E-state index in [1.165, 1.54) is 6.20 Å². The lowest BCUT2D eigenvalue weighted by molar-refractivity contribution is -0.123. The van der Waals surface area contributed by atoms with Crippen LogP contribution in [0.1, 0.15) is 44.0 Å². The molecule has 0 spiro atoms. The van der Waals surface area contributed by atoms with Crippen molar-refractivity contribution >= 4 is 11.8 Å². The molecule has 2 heterocycles. The number of carbonyl (C=O) groups excluding carboxylic acids is 2. The van der Waals surface area contributed by atoms with Crippen LogP contribution < -0.4 is 10.5 Å². The van der Waals surface area contributed by atoms with Gasteiger partial charge in [-0.05, 0) is 39.7 Å². The molecule has 6 heteroatoms. The first-order valence-corrected chi connectivity index (χ1v) is 7.61. The summed E-state index contributed by atoms with van der Waals surface area (Å²) >= 11 is 0. The molecule has 1 aromatic heterocycles. The first-order chi connectivity index (χ1) is 10.4. The lowest BCUT2D eigenvalue weighted by Crippen LogP contribution is -2.48. The molecule has 2 atom stereocenters. The Morgan fingerprint density at radius 3 is 2.64 bits per heavy atom. The molecule has 22 heavy (non-hydrogen) atoms. The van der Waals surface area contributed by atoms with E-state index in [9.17, 15) is 9.59 Å². The molecular formula is C16H23N3O3. The molecule has 2 amide bonds. The fourth-order valence-electron chi connectivity index (χ4n) is 2.61. The highest BCUT2D eigenvalue weighted by Crippen LogP contribution is 2.23. The Kier molecular flexibility index (Phi) is 5.00. The zero-order chi connectivity index (χ0) is 16.3. The third-order valence-electron chi connectivity index (χ3n) is 3.89. The third kappa shape index (κ3) is 3.75. The SMILES string of the molecule is CC(C)Oc1ccc(C(=O)N2C[C@H](C(N)=O)CC[C@@H]2C)cn1. The second-order valence-corrected chi connectivity index (χ2v) is 6.03. The Morgan fingerprint density at radius 2 is 2.09 bits per heavy atom. The number of rotatable bonds is 4. The molecule has 1 fully saturated rings. The first kappa shape index (κ1) is 16.3. The van der Waals surface area contributed by atoms with Crippen molar-refractivity contribution in [1.82, 2.24) is 9.88 Å². The fraction of sp³-hybridized carbons (Fsp3) is 0.562. The van der Waals surface area contributed by atoms with Gasteiger partial charge in [-0.15, -0.1) is 0 Å². The van der Waals surface area contributed by atoms with E-state index >= 15 is 0 Å². The minimum absolute atomic E-state index is 0.0347. The number of carbonyl (C=O) groups is 2. The van der Waals surface area contributed by atoms with E-state index < -0.39 is 0 Å². The molecule has 0 unspecified atom stereocenters. The summed E-state index contributed by atoms with van der Waals surface area (Å²) in [5.74, 6) is -0.240. The summed E-state index contributed by atoms with van der Waals surface area (Å²) in [4.78, 5) is 29.8. The smallest absolute Gasteiger partial charge is 0.255 e. The van der Waals surface area contributed by atoms with E-state index in [4.69, 9.17) is 10.5 Å². The van der Waals surface area contributed by atoms with Gasteiger partial charge in [0, 0.05) is 24.8 Å². The molecule has 0 saturated carbocycles. The van der Waals surface area contributed by atoms with Gasteiger partial charge in [-0.2, -0.15) is 0 Å². The topological polar surface area (TPSA) is 85.5 Å². The number of likely N-dealkylation sites (tertiary alicyclic amines) is 1. The number of hydrogen-bond acceptors (Lipinski definition) is 4. The van der Waals surface area contributed by atoms with Crippen LogP contribution in [-0.2, 0) is 4.79 Å². The van der Waals surface area contributed by atoms with Crippen LogP contribution in [0.4, 0.5) is 0 Å². The summed E-state index contributed by atoms with van der Waals surface area (Å²) in [5, 5.41) is 0. The summed E-state index contributed by atoms with van der Waals surface area (Å²) in [7, 11) is 0. The van der Waals surface area contributed by atoms with Crippen LogP contribution >= 0.6 is 0 Å². The van der Waals surface area contributed by atoms with Gasteiger partial charge in [0.15, 0.2) is 0 Å². The largest absolute Gasteiger partial charge is 0.475 e. The van der Waals surface area contributed by atoms with Gasteiger partial charge in [0.05, 0.1) is 17.6 Å².